The van der Waals surface area contributed by atoms with Crippen molar-refractivity contribution in [3.63, 3.8) is 0 Å². The average molecular weight is 295 g/mol. The summed E-state index contributed by atoms with van der Waals surface area (Å²) in [6, 6.07) is 0. The van der Waals surface area contributed by atoms with Crippen LogP contribution in [0.4, 0.5) is 0 Å². The van der Waals surface area contributed by atoms with Gasteiger partial charge in [0.15, 0.2) is 0 Å². The Hall–Kier alpha value is -0.380. The smallest absolute Gasteiger partial charge is 0.214 e. The number of nitrogens with one attached hydrogen (secondary N) is 1. The average Bonchev–Trinajstić information content (AvgIpc) is 2.49. The molecule has 0 amide bonds. The van der Waals surface area contributed by atoms with Crippen molar-refractivity contribution in [2.24, 2.45) is 11.8 Å². The van der Waals surface area contributed by atoms with Gasteiger partial charge in [-0.25, -0.2) is 0 Å². The molecule has 3 nitrogen and oxygen atoms in total. The molecular weight excluding hydrogens is 262 g/mol. The van der Waals surface area contributed by atoms with E-state index >= 15 is 0 Å². The van der Waals surface area contributed by atoms with E-state index in [9.17, 15) is 5.11 Å². The first-order valence-electron chi connectivity index (χ1n) is 8.82. The Kier molecular flexibility index (Phi) is 6.72. The largest absolute Gasteiger partial charge is 0.356 e. The first-order valence-corrected chi connectivity index (χ1v) is 8.82. The molecule has 0 aliphatic heterocycles. The summed E-state index contributed by atoms with van der Waals surface area (Å²) in [6.07, 6.45) is 14.9. The van der Waals surface area contributed by atoms with E-state index in [0.29, 0.717) is 5.92 Å². The zero-order valence-electron chi connectivity index (χ0n) is 13.8. The van der Waals surface area contributed by atoms with Crippen molar-refractivity contribution in [1.82, 2.24) is 5.32 Å². The molecule has 2 aliphatic carbocycles. The molecule has 0 radical (unpaired) electrons. The van der Waals surface area contributed by atoms with Crippen LogP contribution < -0.4 is 5.32 Å². The van der Waals surface area contributed by atoms with Gasteiger partial charge in [-0.1, -0.05) is 31.4 Å². The molecule has 122 valence electrons. The molecule has 21 heavy (non-hydrogen) atoms. The molecule has 1 saturated carbocycles. The molecule has 2 atom stereocenters. The number of hydrogen-bond donors (Lipinski definition) is 2. The summed E-state index contributed by atoms with van der Waals surface area (Å²) in [4.78, 5) is 0. The Labute approximate surface area is 130 Å². The number of rotatable bonds is 7. The first-order chi connectivity index (χ1) is 10.1. The lowest BCUT2D eigenvalue weighted by Crippen LogP contribution is -2.44. The molecule has 2 unspecified atom stereocenters. The molecule has 3 heteroatoms. The second kappa shape index (κ2) is 8.30. The molecule has 0 spiro atoms. The van der Waals surface area contributed by atoms with Gasteiger partial charge in [-0.05, 0) is 64.2 Å². The molecule has 2 N–H and O–H groups in total. The minimum absolute atomic E-state index is 0.236. The van der Waals surface area contributed by atoms with Gasteiger partial charge in [0.05, 0.1) is 5.60 Å². The quantitative estimate of drug-likeness (QED) is 0.551. The van der Waals surface area contributed by atoms with Crippen LogP contribution in [0, 0.1) is 11.8 Å². The number of ether oxygens (including phenoxy) is 1. The highest BCUT2D eigenvalue weighted by molar-refractivity contribution is 4.90. The fourth-order valence-corrected chi connectivity index (χ4v) is 3.75. The molecule has 1 fully saturated rings. The van der Waals surface area contributed by atoms with Crippen LogP contribution >= 0.6 is 0 Å². The van der Waals surface area contributed by atoms with Gasteiger partial charge in [0, 0.05) is 6.54 Å². The Balaban J connectivity index is 1.65. The van der Waals surface area contributed by atoms with E-state index in [1.165, 1.54) is 51.4 Å². The molecule has 0 aromatic heterocycles. The lowest BCUT2D eigenvalue weighted by Gasteiger charge is -2.38. The van der Waals surface area contributed by atoms with E-state index in [1.54, 1.807) is 0 Å². The van der Waals surface area contributed by atoms with Gasteiger partial charge in [0.25, 0.3) is 0 Å². The Bertz CT molecular complexity index is 321. The number of aliphatic hydroxyl groups is 1. The number of allylic oxidation sites excluding steroid dienone is 2. The van der Waals surface area contributed by atoms with Crippen molar-refractivity contribution in [1.29, 1.82) is 0 Å². The fourth-order valence-electron chi connectivity index (χ4n) is 3.75. The maximum atomic E-state index is 10.1. The van der Waals surface area contributed by atoms with Crippen LogP contribution in [-0.4, -0.2) is 23.7 Å². The SMILES string of the molecule is CC(C)(OC(O)NCCC1CC=CCC1)C1CCCCC1. The predicted octanol–water partition coefficient (Wildman–Crippen LogP) is 3.97. The summed E-state index contributed by atoms with van der Waals surface area (Å²) in [5, 5.41) is 13.2. The Morgan fingerprint density at radius 2 is 1.95 bits per heavy atom. The van der Waals surface area contributed by atoms with Crippen LogP contribution in [-0.2, 0) is 4.74 Å². The summed E-state index contributed by atoms with van der Waals surface area (Å²) in [6.45, 7) is 5.08. The summed E-state index contributed by atoms with van der Waals surface area (Å²) in [7, 11) is 0. The molecular formula is C18H33NO2. The molecule has 0 aromatic carbocycles. The normalized spacial score (nSPS) is 26.0. The lowest BCUT2D eigenvalue weighted by molar-refractivity contribution is -0.208. The van der Waals surface area contributed by atoms with Gasteiger partial charge in [0.1, 0.15) is 0 Å². The van der Waals surface area contributed by atoms with Crippen LogP contribution in [0.5, 0.6) is 0 Å². The molecule has 0 aromatic rings. The van der Waals surface area contributed by atoms with E-state index in [-0.39, 0.29) is 5.60 Å². The minimum atomic E-state index is -0.832. The van der Waals surface area contributed by atoms with Crippen molar-refractivity contribution in [2.45, 2.75) is 83.6 Å². The van der Waals surface area contributed by atoms with E-state index in [1.807, 2.05) is 0 Å². The van der Waals surface area contributed by atoms with E-state index in [2.05, 4.69) is 31.3 Å². The Morgan fingerprint density at radius 3 is 2.62 bits per heavy atom. The molecule has 2 rings (SSSR count). The van der Waals surface area contributed by atoms with Gasteiger partial charge in [-0.2, -0.15) is 0 Å². The highest BCUT2D eigenvalue weighted by atomic mass is 16.6. The van der Waals surface area contributed by atoms with Crippen LogP contribution in [0.2, 0.25) is 0 Å². The van der Waals surface area contributed by atoms with Crippen LogP contribution in [0.1, 0.15) is 71.6 Å². The van der Waals surface area contributed by atoms with Crippen molar-refractivity contribution in [3.8, 4) is 0 Å². The van der Waals surface area contributed by atoms with E-state index in [0.717, 1.165) is 18.9 Å². The molecule has 2 aliphatic rings. The molecule has 0 heterocycles. The summed E-state index contributed by atoms with van der Waals surface area (Å²) in [5.41, 5.74) is -0.236. The summed E-state index contributed by atoms with van der Waals surface area (Å²) >= 11 is 0. The second-order valence-corrected chi connectivity index (χ2v) is 7.30. The van der Waals surface area contributed by atoms with Crippen LogP contribution in [0.25, 0.3) is 0 Å². The van der Waals surface area contributed by atoms with Crippen LogP contribution in [0.3, 0.4) is 0 Å². The molecule has 0 saturated heterocycles. The topological polar surface area (TPSA) is 41.5 Å². The number of aliphatic hydroxyl groups excluding tert-OH is 1. The number of hydrogen-bond acceptors (Lipinski definition) is 3. The van der Waals surface area contributed by atoms with Gasteiger partial charge >= 0.3 is 0 Å². The summed E-state index contributed by atoms with van der Waals surface area (Å²) in [5.74, 6) is 1.34. The van der Waals surface area contributed by atoms with Gasteiger partial charge in [0.2, 0.25) is 6.41 Å². The first kappa shape index (κ1) is 17.0. The lowest BCUT2D eigenvalue weighted by atomic mass is 9.79. The van der Waals surface area contributed by atoms with Gasteiger partial charge < -0.3 is 9.84 Å². The van der Waals surface area contributed by atoms with Crippen molar-refractivity contribution >= 4 is 0 Å². The van der Waals surface area contributed by atoms with Gasteiger partial charge in [-0.15, -0.1) is 0 Å². The Morgan fingerprint density at radius 1 is 1.19 bits per heavy atom. The van der Waals surface area contributed by atoms with E-state index in [4.69, 9.17) is 4.74 Å². The van der Waals surface area contributed by atoms with Crippen molar-refractivity contribution in [3.05, 3.63) is 12.2 Å². The van der Waals surface area contributed by atoms with Crippen molar-refractivity contribution < 1.29 is 9.84 Å². The monoisotopic (exact) mass is 295 g/mol. The maximum Gasteiger partial charge on any atom is 0.214 e. The highest BCUT2D eigenvalue weighted by Gasteiger charge is 2.33. The van der Waals surface area contributed by atoms with Crippen molar-refractivity contribution in [2.75, 3.05) is 6.54 Å². The standard InChI is InChI=1S/C18H33NO2/c1-18(2,16-11-7-4-8-12-16)21-17(20)19-14-13-15-9-5-3-6-10-15/h3,5,15-17,19-20H,4,6-14H2,1-2H3. The minimum Gasteiger partial charge on any atom is -0.356 e. The summed E-state index contributed by atoms with van der Waals surface area (Å²) < 4.78 is 5.90. The van der Waals surface area contributed by atoms with Crippen LogP contribution in [0.15, 0.2) is 12.2 Å². The second-order valence-electron chi connectivity index (χ2n) is 7.30. The van der Waals surface area contributed by atoms with E-state index < -0.39 is 6.41 Å². The third-order valence-electron chi connectivity index (χ3n) is 5.25. The molecule has 0 bridgehead atoms. The third kappa shape index (κ3) is 5.72. The zero-order valence-corrected chi connectivity index (χ0v) is 13.8. The zero-order chi connectivity index (χ0) is 15.1. The van der Waals surface area contributed by atoms with Gasteiger partial charge in [-0.3, -0.25) is 5.32 Å². The highest BCUT2D eigenvalue weighted by Crippen LogP contribution is 2.35. The fraction of sp³-hybridized carbons (Fsp3) is 0.889. The predicted molar refractivity (Wildman–Crippen MR) is 86.8 cm³/mol. The maximum absolute atomic E-state index is 10.1. The third-order valence-corrected chi connectivity index (χ3v) is 5.25.